The summed E-state index contributed by atoms with van der Waals surface area (Å²) in [6, 6.07) is 19.4. The number of hydrogen-bond acceptors (Lipinski definition) is 4. The smallest absolute Gasteiger partial charge is 0.253 e. The lowest BCUT2D eigenvalue weighted by molar-refractivity contribution is -0.121. The minimum Gasteiger partial charge on any atom is -0.486 e. The summed E-state index contributed by atoms with van der Waals surface area (Å²) in [5.74, 6) is 0.655. The van der Waals surface area contributed by atoms with E-state index in [4.69, 9.17) is 32.7 Å². The third kappa shape index (κ3) is 6.01. The third-order valence-electron chi connectivity index (χ3n) is 5.41. The van der Waals surface area contributed by atoms with Crippen LogP contribution < -0.4 is 20.1 Å². The van der Waals surface area contributed by atoms with Gasteiger partial charge in [-0.25, -0.2) is 0 Å². The van der Waals surface area contributed by atoms with Crippen molar-refractivity contribution in [2.24, 2.45) is 0 Å². The molecule has 4 rings (SSSR count). The molecule has 1 heterocycles. The second kappa shape index (κ2) is 11.3. The molecule has 0 saturated heterocycles. The molecule has 1 aliphatic rings. The van der Waals surface area contributed by atoms with E-state index < -0.39 is 6.04 Å². The fourth-order valence-electron chi connectivity index (χ4n) is 3.73. The number of hydrogen-bond donors (Lipinski definition) is 2. The molecule has 0 bridgehead atoms. The molecule has 2 N–H and O–H groups in total. The van der Waals surface area contributed by atoms with Gasteiger partial charge in [0.2, 0.25) is 5.91 Å². The van der Waals surface area contributed by atoms with Gasteiger partial charge in [-0.15, -0.1) is 0 Å². The van der Waals surface area contributed by atoms with Crippen molar-refractivity contribution in [1.82, 2.24) is 10.6 Å². The van der Waals surface area contributed by atoms with Crippen molar-refractivity contribution < 1.29 is 19.1 Å². The van der Waals surface area contributed by atoms with Crippen molar-refractivity contribution in [3.05, 3.63) is 93.5 Å². The van der Waals surface area contributed by atoms with Gasteiger partial charge in [0.05, 0.1) is 28.1 Å². The quantitative estimate of drug-likeness (QED) is 0.458. The van der Waals surface area contributed by atoms with Crippen LogP contribution in [0, 0.1) is 0 Å². The maximum Gasteiger partial charge on any atom is 0.253 e. The van der Waals surface area contributed by atoms with E-state index in [1.807, 2.05) is 42.5 Å². The lowest BCUT2D eigenvalue weighted by atomic mass is 10.0. The van der Waals surface area contributed by atoms with E-state index >= 15 is 0 Å². The number of benzene rings is 3. The lowest BCUT2D eigenvalue weighted by Gasteiger charge is -2.21. The fourth-order valence-corrected chi connectivity index (χ4v) is 4.24. The lowest BCUT2D eigenvalue weighted by Crippen LogP contribution is -2.34. The third-order valence-corrected chi connectivity index (χ3v) is 6.02. The molecular formula is C26H24Cl2N2O4. The van der Waals surface area contributed by atoms with E-state index in [1.54, 1.807) is 24.3 Å². The SMILES string of the molecule is O=C(C[C@H](NC(=O)c1ccccc1Cl)c1ccccc1)NCCc1cc(Cl)c2c(c1)OCCO2. The first kappa shape index (κ1) is 23.9. The molecule has 176 valence electrons. The predicted octanol–water partition coefficient (Wildman–Crippen LogP) is 4.98. The molecule has 0 aromatic heterocycles. The zero-order valence-corrected chi connectivity index (χ0v) is 19.9. The molecule has 6 nitrogen and oxygen atoms in total. The van der Waals surface area contributed by atoms with Crippen LogP contribution in [0.5, 0.6) is 11.5 Å². The summed E-state index contributed by atoms with van der Waals surface area (Å²) < 4.78 is 11.1. The monoisotopic (exact) mass is 498 g/mol. The second-order valence-electron chi connectivity index (χ2n) is 7.82. The van der Waals surface area contributed by atoms with E-state index in [9.17, 15) is 9.59 Å². The van der Waals surface area contributed by atoms with Crippen molar-refractivity contribution >= 4 is 35.0 Å². The predicted molar refractivity (Wildman–Crippen MR) is 132 cm³/mol. The molecule has 2 amide bonds. The van der Waals surface area contributed by atoms with Gasteiger partial charge >= 0.3 is 0 Å². The van der Waals surface area contributed by atoms with Crippen LogP contribution in [0.15, 0.2) is 66.7 Å². The zero-order chi connectivity index (χ0) is 23.9. The van der Waals surface area contributed by atoms with E-state index in [1.165, 1.54) is 0 Å². The van der Waals surface area contributed by atoms with Crippen LogP contribution in [0.1, 0.15) is 33.9 Å². The largest absolute Gasteiger partial charge is 0.486 e. The summed E-state index contributed by atoms with van der Waals surface area (Å²) in [6.45, 7) is 1.36. The normalized spacial score (nSPS) is 13.1. The Hall–Kier alpha value is -3.22. The van der Waals surface area contributed by atoms with Crippen LogP contribution in [0.25, 0.3) is 0 Å². The molecule has 0 unspecified atom stereocenters. The van der Waals surface area contributed by atoms with Gasteiger partial charge in [0.15, 0.2) is 11.5 Å². The first-order chi connectivity index (χ1) is 16.5. The van der Waals surface area contributed by atoms with Crippen LogP contribution in [-0.4, -0.2) is 31.6 Å². The molecule has 0 saturated carbocycles. The minimum absolute atomic E-state index is 0.0854. The van der Waals surface area contributed by atoms with Gasteiger partial charge in [0.1, 0.15) is 13.2 Å². The minimum atomic E-state index is -0.506. The number of rotatable bonds is 8. The van der Waals surface area contributed by atoms with Gasteiger partial charge in [0, 0.05) is 6.54 Å². The summed E-state index contributed by atoms with van der Waals surface area (Å²) in [5.41, 5.74) is 2.12. The maximum atomic E-state index is 12.8. The van der Waals surface area contributed by atoms with Crippen LogP contribution in [0.2, 0.25) is 10.0 Å². The summed E-state index contributed by atoms with van der Waals surface area (Å²) in [7, 11) is 0. The molecule has 0 fully saturated rings. The Balaban J connectivity index is 1.38. The number of halogens is 2. The summed E-state index contributed by atoms with van der Waals surface area (Å²) in [6.07, 6.45) is 0.659. The highest BCUT2D eigenvalue weighted by Crippen LogP contribution is 2.38. The molecule has 0 aliphatic carbocycles. The molecule has 3 aromatic rings. The summed E-state index contributed by atoms with van der Waals surface area (Å²) in [5, 5.41) is 6.71. The molecule has 0 radical (unpaired) electrons. The average molecular weight is 499 g/mol. The number of amides is 2. The highest BCUT2D eigenvalue weighted by atomic mass is 35.5. The number of nitrogens with one attached hydrogen (secondary N) is 2. The van der Waals surface area contributed by atoms with Gasteiger partial charge in [-0.2, -0.15) is 0 Å². The van der Waals surface area contributed by atoms with Crippen molar-refractivity contribution in [2.75, 3.05) is 19.8 Å². The molecular weight excluding hydrogens is 475 g/mol. The van der Waals surface area contributed by atoms with Crippen LogP contribution in [0.4, 0.5) is 0 Å². The van der Waals surface area contributed by atoms with Crippen LogP contribution >= 0.6 is 23.2 Å². The molecule has 1 aliphatic heterocycles. The Morgan fingerprint density at radius 1 is 0.912 bits per heavy atom. The molecule has 8 heteroatoms. The first-order valence-corrected chi connectivity index (χ1v) is 11.7. The fraction of sp³-hybridized carbons (Fsp3) is 0.231. The Kier molecular flexibility index (Phi) is 7.93. The maximum absolute atomic E-state index is 12.8. The van der Waals surface area contributed by atoms with E-state index in [0.29, 0.717) is 53.3 Å². The number of carbonyl (C=O) groups is 2. The molecule has 0 spiro atoms. The van der Waals surface area contributed by atoms with E-state index in [0.717, 1.165) is 11.1 Å². The van der Waals surface area contributed by atoms with Gasteiger partial charge in [0.25, 0.3) is 5.91 Å². The molecule has 1 atom stereocenters. The Morgan fingerprint density at radius 2 is 1.65 bits per heavy atom. The number of ether oxygens (including phenoxy) is 2. The Labute approximate surface area is 208 Å². The second-order valence-corrected chi connectivity index (χ2v) is 8.64. The standard InChI is InChI=1S/C26H24Cl2N2O4/c27-20-9-5-4-8-19(20)26(32)30-22(18-6-2-1-3-7-18)16-24(31)29-11-10-17-14-21(28)25-23(15-17)33-12-13-34-25/h1-9,14-15,22H,10-13,16H2,(H,29,31)(H,30,32)/t22-/m0/s1. The van der Waals surface area contributed by atoms with Gasteiger partial charge in [-0.05, 0) is 41.8 Å². The Morgan fingerprint density at radius 3 is 2.44 bits per heavy atom. The van der Waals surface area contributed by atoms with Crippen molar-refractivity contribution in [3.63, 3.8) is 0 Å². The first-order valence-electron chi connectivity index (χ1n) is 11.0. The van der Waals surface area contributed by atoms with Crippen molar-refractivity contribution in [2.45, 2.75) is 18.9 Å². The molecule has 3 aromatic carbocycles. The summed E-state index contributed by atoms with van der Waals surface area (Å²) >= 11 is 12.5. The van der Waals surface area contributed by atoms with Gasteiger partial charge < -0.3 is 20.1 Å². The van der Waals surface area contributed by atoms with E-state index in [2.05, 4.69) is 10.6 Å². The highest BCUT2D eigenvalue weighted by Gasteiger charge is 2.21. The molecule has 34 heavy (non-hydrogen) atoms. The zero-order valence-electron chi connectivity index (χ0n) is 18.4. The number of carbonyl (C=O) groups excluding carboxylic acids is 2. The van der Waals surface area contributed by atoms with Crippen molar-refractivity contribution in [3.8, 4) is 11.5 Å². The van der Waals surface area contributed by atoms with Crippen LogP contribution in [-0.2, 0) is 11.2 Å². The van der Waals surface area contributed by atoms with E-state index in [-0.39, 0.29) is 18.2 Å². The van der Waals surface area contributed by atoms with Gasteiger partial charge in [-0.1, -0.05) is 65.7 Å². The van der Waals surface area contributed by atoms with Crippen LogP contribution in [0.3, 0.4) is 0 Å². The number of fused-ring (bicyclic) bond motifs is 1. The highest BCUT2D eigenvalue weighted by molar-refractivity contribution is 6.33. The topological polar surface area (TPSA) is 76.7 Å². The average Bonchev–Trinajstić information content (AvgIpc) is 2.84. The Bertz CT molecular complexity index is 1170. The van der Waals surface area contributed by atoms with Gasteiger partial charge in [-0.3, -0.25) is 9.59 Å². The summed E-state index contributed by atoms with van der Waals surface area (Å²) in [4.78, 5) is 25.6. The van der Waals surface area contributed by atoms with Crippen molar-refractivity contribution in [1.29, 1.82) is 0 Å².